The highest BCUT2D eigenvalue weighted by molar-refractivity contribution is 14.1. The fraction of sp³-hybridized carbons (Fsp3) is 0.333. The molecular formula is C12H13IO3. The molecule has 0 amide bonds. The molecule has 0 unspecified atom stereocenters. The lowest BCUT2D eigenvalue weighted by Gasteiger charge is -2.13. The molecule has 0 aromatic heterocycles. The molecule has 0 saturated heterocycles. The SMILES string of the molecule is C#CCOc1c(I)cc(CO)cc1OCC. The van der Waals surface area contributed by atoms with Crippen molar-refractivity contribution in [1.29, 1.82) is 0 Å². The van der Waals surface area contributed by atoms with Crippen LogP contribution in [-0.2, 0) is 6.61 Å². The van der Waals surface area contributed by atoms with Crippen LogP contribution in [0.3, 0.4) is 0 Å². The van der Waals surface area contributed by atoms with Gasteiger partial charge < -0.3 is 14.6 Å². The molecule has 1 N–H and O–H groups in total. The second-order valence-corrected chi connectivity index (χ2v) is 4.15. The van der Waals surface area contributed by atoms with Gasteiger partial charge in [0.05, 0.1) is 16.8 Å². The molecule has 0 heterocycles. The molecule has 1 aromatic rings. The Morgan fingerprint density at radius 1 is 1.44 bits per heavy atom. The highest BCUT2D eigenvalue weighted by Gasteiger charge is 2.11. The van der Waals surface area contributed by atoms with Crippen LogP contribution in [0.1, 0.15) is 12.5 Å². The van der Waals surface area contributed by atoms with Gasteiger partial charge >= 0.3 is 0 Å². The molecular weight excluding hydrogens is 319 g/mol. The van der Waals surface area contributed by atoms with Crippen LogP contribution < -0.4 is 9.47 Å². The molecule has 0 bridgehead atoms. The van der Waals surface area contributed by atoms with Gasteiger partial charge in [-0.2, -0.15) is 0 Å². The number of benzene rings is 1. The van der Waals surface area contributed by atoms with E-state index >= 15 is 0 Å². The minimum atomic E-state index is -0.0223. The molecule has 1 aromatic carbocycles. The first-order chi connectivity index (χ1) is 7.72. The van der Waals surface area contributed by atoms with Crippen molar-refractivity contribution in [3.05, 3.63) is 21.3 Å². The number of rotatable bonds is 5. The first-order valence-corrected chi connectivity index (χ1v) is 5.93. The van der Waals surface area contributed by atoms with Crippen LogP contribution in [0.15, 0.2) is 12.1 Å². The minimum Gasteiger partial charge on any atom is -0.490 e. The van der Waals surface area contributed by atoms with Crippen LogP contribution in [0, 0.1) is 15.9 Å². The zero-order valence-corrected chi connectivity index (χ0v) is 11.2. The predicted molar refractivity (Wildman–Crippen MR) is 70.6 cm³/mol. The standard InChI is InChI=1S/C12H13IO3/c1-3-5-16-12-10(13)6-9(8-14)7-11(12)15-4-2/h1,6-7,14H,4-5,8H2,2H3. The molecule has 4 heteroatoms. The molecule has 0 saturated carbocycles. The summed E-state index contributed by atoms with van der Waals surface area (Å²) < 4.78 is 11.7. The van der Waals surface area contributed by atoms with Crippen molar-refractivity contribution in [2.45, 2.75) is 13.5 Å². The van der Waals surface area contributed by atoms with Crippen molar-refractivity contribution < 1.29 is 14.6 Å². The van der Waals surface area contributed by atoms with Crippen LogP contribution in [0.25, 0.3) is 0 Å². The second-order valence-electron chi connectivity index (χ2n) is 2.99. The van der Waals surface area contributed by atoms with Gasteiger partial charge in [-0.1, -0.05) is 5.92 Å². The number of hydrogen-bond donors (Lipinski definition) is 1. The summed E-state index contributed by atoms with van der Waals surface area (Å²) in [5, 5.41) is 9.09. The maximum atomic E-state index is 9.09. The Morgan fingerprint density at radius 2 is 2.19 bits per heavy atom. The first kappa shape index (κ1) is 13.1. The fourth-order valence-electron chi connectivity index (χ4n) is 1.23. The third-order valence-corrected chi connectivity index (χ3v) is 2.65. The van der Waals surface area contributed by atoms with E-state index < -0.39 is 0 Å². The molecule has 0 aliphatic rings. The Morgan fingerprint density at radius 3 is 2.75 bits per heavy atom. The lowest BCUT2D eigenvalue weighted by atomic mass is 10.2. The summed E-state index contributed by atoms with van der Waals surface area (Å²) >= 11 is 2.13. The number of hydrogen-bond acceptors (Lipinski definition) is 3. The maximum Gasteiger partial charge on any atom is 0.175 e. The first-order valence-electron chi connectivity index (χ1n) is 4.85. The largest absolute Gasteiger partial charge is 0.490 e. The summed E-state index contributed by atoms with van der Waals surface area (Å²) in [5.41, 5.74) is 0.793. The van der Waals surface area contributed by atoms with Gasteiger partial charge in [-0.15, -0.1) is 6.42 Å². The van der Waals surface area contributed by atoms with E-state index in [9.17, 15) is 0 Å². The van der Waals surface area contributed by atoms with Crippen LogP contribution >= 0.6 is 22.6 Å². The van der Waals surface area contributed by atoms with Crippen molar-refractivity contribution in [3.8, 4) is 23.8 Å². The molecule has 86 valence electrons. The molecule has 0 aliphatic carbocycles. The summed E-state index contributed by atoms with van der Waals surface area (Å²) in [7, 11) is 0. The lowest BCUT2D eigenvalue weighted by molar-refractivity contribution is 0.275. The van der Waals surface area contributed by atoms with Crippen molar-refractivity contribution in [1.82, 2.24) is 0 Å². The Kier molecular flexibility index (Phi) is 5.43. The quantitative estimate of drug-likeness (QED) is 0.664. The van der Waals surface area contributed by atoms with Gasteiger partial charge in [0.1, 0.15) is 6.61 Å². The zero-order valence-electron chi connectivity index (χ0n) is 9.00. The predicted octanol–water partition coefficient (Wildman–Crippen LogP) is 2.19. The van der Waals surface area contributed by atoms with E-state index in [2.05, 4.69) is 28.5 Å². The lowest BCUT2D eigenvalue weighted by Crippen LogP contribution is -2.02. The van der Waals surface area contributed by atoms with Crippen LogP contribution in [0.4, 0.5) is 0 Å². The Balaban J connectivity index is 3.07. The van der Waals surface area contributed by atoms with Crippen molar-refractivity contribution in [2.24, 2.45) is 0 Å². The van der Waals surface area contributed by atoms with E-state index in [1.165, 1.54) is 0 Å². The van der Waals surface area contributed by atoms with Gasteiger partial charge in [0, 0.05) is 0 Å². The van der Waals surface area contributed by atoms with Gasteiger partial charge in [0.2, 0.25) is 0 Å². The third kappa shape index (κ3) is 3.29. The fourth-order valence-corrected chi connectivity index (χ4v) is 2.05. The van der Waals surface area contributed by atoms with E-state index in [0.717, 1.165) is 9.13 Å². The van der Waals surface area contributed by atoms with E-state index in [1.807, 2.05) is 13.0 Å². The molecule has 0 fully saturated rings. The minimum absolute atomic E-state index is 0.0223. The monoisotopic (exact) mass is 332 g/mol. The van der Waals surface area contributed by atoms with Crippen LogP contribution in [0.2, 0.25) is 0 Å². The van der Waals surface area contributed by atoms with Gasteiger partial charge in [-0.25, -0.2) is 0 Å². The molecule has 0 aliphatic heterocycles. The summed E-state index contributed by atoms with van der Waals surface area (Å²) in [4.78, 5) is 0. The second kappa shape index (κ2) is 6.61. The normalized spacial score (nSPS) is 9.62. The highest BCUT2D eigenvalue weighted by atomic mass is 127. The van der Waals surface area contributed by atoms with E-state index in [0.29, 0.717) is 18.1 Å². The van der Waals surface area contributed by atoms with E-state index in [1.54, 1.807) is 6.07 Å². The zero-order chi connectivity index (χ0) is 12.0. The molecule has 0 atom stereocenters. The van der Waals surface area contributed by atoms with Crippen molar-refractivity contribution >= 4 is 22.6 Å². The molecule has 0 radical (unpaired) electrons. The molecule has 0 spiro atoms. The van der Waals surface area contributed by atoms with Gasteiger partial charge in [-0.05, 0) is 47.2 Å². The van der Waals surface area contributed by atoms with Crippen molar-refractivity contribution in [3.63, 3.8) is 0 Å². The summed E-state index contributed by atoms with van der Waals surface area (Å²) in [6.07, 6.45) is 5.15. The van der Waals surface area contributed by atoms with E-state index in [-0.39, 0.29) is 13.2 Å². The number of terminal acetylenes is 1. The van der Waals surface area contributed by atoms with Crippen LogP contribution in [-0.4, -0.2) is 18.3 Å². The molecule has 1 rings (SSSR count). The summed E-state index contributed by atoms with van der Waals surface area (Å²) in [6, 6.07) is 3.60. The van der Waals surface area contributed by atoms with E-state index in [4.69, 9.17) is 21.0 Å². The highest BCUT2D eigenvalue weighted by Crippen LogP contribution is 2.34. The average molecular weight is 332 g/mol. The summed E-state index contributed by atoms with van der Waals surface area (Å²) in [5.74, 6) is 3.67. The smallest absolute Gasteiger partial charge is 0.175 e. The molecule has 16 heavy (non-hydrogen) atoms. The average Bonchev–Trinajstić information content (AvgIpc) is 2.28. The van der Waals surface area contributed by atoms with Gasteiger partial charge in [-0.3, -0.25) is 0 Å². The van der Waals surface area contributed by atoms with Crippen molar-refractivity contribution in [2.75, 3.05) is 13.2 Å². The topological polar surface area (TPSA) is 38.7 Å². The molecule has 3 nitrogen and oxygen atoms in total. The Hall–Kier alpha value is -0.930. The number of aliphatic hydroxyl groups excluding tert-OH is 1. The number of aliphatic hydroxyl groups is 1. The number of halogens is 1. The third-order valence-electron chi connectivity index (χ3n) is 1.85. The number of ether oxygens (including phenoxy) is 2. The summed E-state index contributed by atoms with van der Waals surface area (Å²) in [6.45, 7) is 2.61. The van der Waals surface area contributed by atoms with Crippen LogP contribution in [0.5, 0.6) is 11.5 Å². The Bertz CT molecular complexity index is 396. The Labute approximate surface area is 109 Å². The van der Waals surface area contributed by atoms with Gasteiger partial charge in [0.15, 0.2) is 11.5 Å². The van der Waals surface area contributed by atoms with Gasteiger partial charge in [0.25, 0.3) is 0 Å². The maximum absolute atomic E-state index is 9.09.